The Morgan fingerprint density at radius 3 is 2.53 bits per heavy atom. The first-order chi connectivity index (χ1) is 7.93. The lowest BCUT2D eigenvalue weighted by Gasteiger charge is -2.15. The molecule has 0 aliphatic rings. The van der Waals surface area contributed by atoms with Crippen molar-refractivity contribution >= 4 is 15.5 Å². The van der Waals surface area contributed by atoms with Crippen LogP contribution in [0.4, 0.5) is 5.69 Å². The van der Waals surface area contributed by atoms with Gasteiger partial charge in [-0.15, -0.1) is 0 Å². The van der Waals surface area contributed by atoms with Gasteiger partial charge in [0.05, 0.1) is 19.0 Å². The number of benzene rings is 1. The van der Waals surface area contributed by atoms with Gasteiger partial charge >= 0.3 is 0 Å². The zero-order chi connectivity index (χ0) is 13.1. The van der Waals surface area contributed by atoms with Gasteiger partial charge < -0.3 is 15.2 Å². The van der Waals surface area contributed by atoms with E-state index in [4.69, 9.17) is 15.2 Å². The molecule has 0 aliphatic heterocycles. The monoisotopic (exact) mass is 259 g/mol. The van der Waals surface area contributed by atoms with E-state index in [2.05, 4.69) is 0 Å². The van der Waals surface area contributed by atoms with Gasteiger partial charge in [0.15, 0.2) is 9.84 Å². The third kappa shape index (κ3) is 2.89. The van der Waals surface area contributed by atoms with Crippen LogP contribution in [-0.4, -0.2) is 34.5 Å². The molecule has 5 nitrogen and oxygen atoms in total. The number of hydrogen-bond donors (Lipinski definition) is 1. The summed E-state index contributed by atoms with van der Waals surface area (Å²) >= 11 is 0. The van der Waals surface area contributed by atoms with Crippen LogP contribution in [0.25, 0.3) is 0 Å². The molecule has 96 valence electrons. The van der Waals surface area contributed by atoms with Crippen LogP contribution in [0.3, 0.4) is 0 Å². The topological polar surface area (TPSA) is 78.6 Å². The molecule has 0 saturated carbocycles. The minimum absolute atomic E-state index is 0.135. The number of nitrogens with two attached hydrogens (primary N) is 1. The van der Waals surface area contributed by atoms with Gasteiger partial charge in [0.1, 0.15) is 10.6 Å². The van der Waals surface area contributed by atoms with E-state index < -0.39 is 15.1 Å². The summed E-state index contributed by atoms with van der Waals surface area (Å²) in [5, 5.41) is -0.634. The van der Waals surface area contributed by atoms with Crippen molar-refractivity contribution in [3.63, 3.8) is 0 Å². The highest BCUT2D eigenvalue weighted by Gasteiger charge is 2.26. The van der Waals surface area contributed by atoms with Crippen molar-refractivity contribution in [3.05, 3.63) is 18.2 Å². The number of ether oxygens (including phenoxy) is 2. The molecule has 0 radical (unpaired) electrons. The molecule has 0 amide bonds. The van der Waals surface area contributed by atoms with Gasteiger partial charge in [0.25, 0.3) is 0 Å². The Morgan fingerprint density at radius 1 is 1.35 bits per heavy atom. The summed E-state index contributed by atoms with van der Waals surface area (Å²) in [6.45, 7) is 1.73. The Bertz CT molecular complexity index is 484. The zero-order valence-corrected chi connectivity index (χ0v) is 11.0. The third-order valence-corrected chi connectivity index (χ3v) is 4.57. The number of hydrogen-bond acceptors (Lipinski definition) is 5. The molecule has 0 aromatic heterocycles. The van der Waals surface area contributed by atoms with Gasteiger partial charge in [-0.25, -0.2) is 8.42 Å². The fraction of sp³-hybridized carbons (Fsp3) is 0.455. The van der Waals surface area contributed by atoms with Gasteiger partial charge in [-0.2, -0.15) is 0 Å². The Balaban J connectivity index is 3.23. The fourth-order valence-corrected chi connectivity index (χ4v) is 2.89. The maximum Gasteiger partial charge on any atom is 0.186 e. The van der Waals surface area contributed by atoms with Crippen molar-refractivity contribution in [3.8, 4) is 5.75 Å². The Labute approximate surface area is 101 Å². The number of rotatable bonds is 5. The molecule has 0 saturated heterocycles. The largest absolute Gasteiger partial charge is 0.495 e. The summed E-state index contributed by atoms with van der Waals surface area (Å²) in [4.78, 5) is 0.138. The SMILES string of the molecule is COCC(C)S(=O)(=O)c1ccc(N)cc1OC. The number of sulfone groups is 1. The predicted octanol–water partition coefficient (Wildman–Crippen LogP) is 1.09. The molecular weight excluding hydrogens is 242 g/mol. The maximum absolute atomic E-state index is 12.2. The van der Waals surface area contributed by atoms with Crippen molar-refractivity contribution in [1.82, 2.24) is 0 Å². The first kappa shape index (κ1) is 13.8. The molecule has 0 bridgehead atoms. The number of methoxy groups -OCH3 is 2. The molecular formula is C11H17NO4S. The van der Waals surface area contributed by atoms with Gasteiger partial charge in [-0.05, 0) is 19.1 Å². The molecule has 1 rings (SSSR count). The van der Waals surface area contributed by atoms with E-state index in [0.29, 0.717) is 5.69 Å². The van der Waals surface area contributed by atoms with Crippen molar-refractivity contribution in [2.45, 2.75) is 17.1 Å². The predicted molar refractivity (Wildman–Crippen MR) is 65.9 cm³/mol. The number of nitrogen functional groups attached to an aromatic ring is 1. The van der Waals surface area contributed by atoms with Crippen molar-refractivity contribution in [2.75, 3.05) is 26.6 Å². The summed E-state index contributed by atoms with van der Waals surface area (Å²) in [6.07, 6.45) is 0. The van der Waals surface area contributed by atoms with E-state index in [9.17, 15) is 8.42 Å². The Kier molecular flexibility index (Phi) is 4.36. The van der Waals surface area contributed by atoms with Crippen molar-refractivity contribution < 1.29 is 17.9 Å². The Hall–Kier alpha value is -1.27. The number of anilines is 1. The second-order valence-corrected chi connectivity index (χ2v) is 6.06. The second kappa shape index (κ2) is 5.37. The highest BCUT2D eigenvalue weighted by atomic mass is 32.2. The van der Waals surface area contributed by atoms with E-state index in [-0.39, 0.29) is 17.3 Å². The summed E-state index contributed by atoms with van der Waals surface area (Å²) in [5.74, 6) is 0.257. The molecule has 1 aromatic rings. The molecule has 17 heavy (non-hydrogen) atoms. The van der Waals surface area contributed by atoms with Gasteiger partial charge in [-0.1, -0.05) is 0 Å². The van der Waals surface area contributed by atoms with Gasteiger partial charge in [0.2, 0.25) is 0 Å². The molecule has 1 unspecified atom stereocenters. The second-order valence-electron chi connectivity index (χ2n) is 3.72. The molecule has 6 heteroatoms. The fourth-order valence-electron chi connectivity index (χ4n) is 1.46. The van der Waals surface area contributed by atoms with Crippen LogP contribution in [0.5, 0.6) is 5.75 Å². The van der Waals surface area contributed by atoms with Crippen LogP contribution < -0.4 is 10.5 Å². The molecule has 0 fully saturated rings. The summed E-state index contributed by atoms with van der Waals surface area (Å²) < 4.78 is 34.3. The lowest BCUT2D eigenvalue weighted by atomic mass is 10.3. The Morgan fingerprint density at radius 2 is 2.00 bits per heavy atom. The van der Waals surface area contributed by atoms with E-state index >= 15 is 0 Å². The molecule has 1 aromatic carbocycles. The minimum atomic E-state index is -3.47. The van der Waals surface area contributed by atoms with E-state index in [0.717, 1.165) is 0 Å². The molecule has 0 spiro atoms. The molecule has 0 heterocycles. The van der Waals surface area contributed by atoms with Crippen LogP contribution in [-0.2, 0) is 14.6 Å². The lowest BCUT2D eigenvalue weighted by Crippen LogP contribution is -2.23. The normalized spacial score (nSPS) is 13.4. The first-order valence-electron chi connectivity index (χ1n) is 5.09. The maximum atomic E-state index is 12.2. The van der Waals surface area contributed by atoms with Gasteiger partial charge in [0, 0.05) is 18.9 Å². The zero-order valence-electron chi connectivity index (χ0n) is 10.1. The highest BCUT2D eigenvalue weighted by Crippen LogP contribution is 2.28. The smallest absolute Gasteiger partial charge is 0.186 e. The van der Waals surface area contributed by atoms with Crippen molar-refractivity contribution in [2.24, 2.45) is 0 Å². The van der Waals surface area contributed by atoms with Crippen LogP contribution in [0.2, 0.25) is 0 Å². The van der Waals surface area contributed by atoms with Crippen LogP contribution >= 0.6 is 0 Å². The van der Waals surface area contributed by atoms with Crippen molar-refractivity contribution in [1.29, 1.82) is 0 Å². The van der Waals surface area contributed by atoms with Crippen LogP contribution in [0, 0.1) is 0 Å². The van der Waals surface area contributed by atoms with E-state index in [1.807, 2.05) is 0 Å². The van der Waals surface area contributed by atoms with Crippen LogP contribution in [0.15, 0.2) is 23.1 Å². The van der Waals surface area contributed by atoms with Crippen LogP contribution in [0.1, 0.15) is 6.92 Å². The molecule has 0 aliphatic carbocycles. The van der Waals surface area contributed by atoms with E-state index in [1.54, 1.807) is 6.92 Å². The first-order valence-corrected chi connectivity index (χ1v) is 6.64. The summed E-state index contributed by atoms with van der Waals surface area (Å²) in [6, 6.07) is 4.48. The molecule has 1 atom stereocenters. The van der Waals surface area contributed by atoms with Gasteiger partial charge in [-0.3, -0.25) is 0 Å². The minimum Gasteiger partial charge on any atom is -0.495 e. The highest BCUT2D eigenvalue weighted by molar-refractivity contribution is 7.92. The summed E-state index contributed by atoms with van der Waals surface area (Å²) in [5.41, 5.74) is 6.04. The summed E-state index contributed by atoms with van der Waals surface area (Å²) in [7, 11) is -0.590. The average Bonchev–Trinajstić information content (AvgIpc) is 2.28. The lowest BCUT2D eigenvalue weighted by molar-refractivity contribution is 0.200. The molecule has 2 N–H and O–H groups in total. The third-order valence-electron chi connectivity index (χ3n) is 2.43. The quantitative estimate of drug-likeness (QED) is 0.801. The van der Waals surface area contributed by atoms with E-state index in [1.165, 1.54) is 32.4 Å². The average molecular weight is 259 g/mol. The standard InChI is InChI=1S/C11H17NO4S/c1-8(7-15-2)17(13,14)11-5-4-9(12)6-10(11)16-3/h4-6,8H,7,12H2,1-3H3.